The van der Waals surface area contributed by atoms with Crippen molar-refractivity contribution in [1.29, 1.82) is 0 Å². The topological polar surface area (TPSA) is 3.24 Å². The Balaban J connectivity index is 1.06. The third kappa shape index (κ3) is 5.86. The van der Waals surface area contributed by atoms with Crippen LogP contribution in [0.4, 0.5) is 17.1 Å². The van der Waals surface area contributed by atoms with Gasteiger partial charge in [-0.2, -0.15) is 0 Å². The summed E-state index contributed by atoms with van der Waals surface area (Å²) in [7, 11) is 0. The van der Waals surface area contributed by atoms with Crippen molar-refractivity contribution in [2.45, 2.75) is 0 Å². The number of nitrogens with zero attached hydrogens (tertiary/aromatic N) is 1. The number of rotatable bonds is 6. The fraction of sp³-hybridized carbons (Fsp3) is 0. The molecule has 284 valence electrons. The molecule has 1 heteroatoms. The molecular formula is C60H39N. The molecule has 0 bridgehead atoms. The van der Waals surface area contributed by atoms with Gasteiger partial charge in [-0.15, -0.1) is 0 Å². The van der Waals surface area contributed by atoms with E-state index in [1.807, 2.05) is 0 Å². The Morgan fingerprint density at radius 3 is 1.20 bits per heavy atom. The third-order valence-electron chi connectivity index (χ3n) is 12.6. The van der Waals surface area contributed by atoms with Crippen LogP contribution in [0.1, 0.15) is 0 Å². The van der Waals surface area contributed by atoms with Crippen molar-refractivity contribution in [2.75, 3.05) is 4.90 Å². The minimum absolute atomic E-state index is 1.09. The molecule has 0 amide bonds. The van der Waals surface area contributed by atoms with Gasteiger partial charge in [0.25, 0.3) is 0 Å². The van der Waals surface area contributed by atoms with Crippen molar-refractivity contribution < 1.29 is 0 Å². The molecule has 12 aromatic carbocycles. The first-order valence-electron chi connectivity index (χ1n) is 21.1. The van der Waals surface area contributed by atoms with Crippen molar-refractivity contribution in [3.05, 3.63) is 237 Å². The van der Waals surface area contributed by atoms with Crippen molar-refractivity contribution in [2.24, 2.45) is 0 Å². The lowest BCUT2D eigenvalue weighted by atomic mass is 9.89. The molecule has 0 fully saturated rings. The Morgan fingerprint density at radius 2 is 0.607 bits per heavy atom. The van der Waals surface area contributed by atoms with Gasteiger partial charge in [-0.3, -0.25) is 0 Å². The van der Waals surface area contributed by atoms with Crippen LogP contribution in [0, 0.1) is 0 Å². The van der Waals surface area contributed by atoms with Crippen LogP contribution in [0.5, 0.6) is 0 Å². The molecule has 12 aromatic rings. The van der Waals surface area contributed by atoms with Gasteiger partial charge in [-0.25, -0.2) is 0 Å². The van der Waals surface area contributed by atoms with Gasteiger partial charge in [-0.1, -0.05) is 200 Å². The molecular weight excluding hydrogens is 735 g/mol. The normalized spacial score (nSPS) is 11.6. The predicted octanol–water partition coefficient (Wildman–Crippen LogP) is 17.1. The molecule has 12 rings (SSSR count). The maximum Gasteiger partial charge on any atom is 0.0624 e. The fourth-order valence-corrected chi connectivity index (χ4v) is 9.72. The second kappa shape index (κ2) is 14.4. The highest BCUT2D eigenvalue weighted by Gasteiger charge is 2.24. The van der Waals surface area contributed by atoms with Gasteiger partial charge in [0, 0.05) is 22.3 Å². The highest BCUT2D eigenvalue weighted by Crippen LogP contribution is 2.50. The number of anilines is 3. The maximum absolute atomic E-state index is 2.48. The number of hydrogen-bond acceptors (Lipinski definition) is 1. The summed E-state index contributed by atoms with van der Waals surface area (Å²) >= 11 is 0. The highest BCUT2D eigenvalue weighted by molar-refractivity contribution is 6.26. The van der Waals surface area contributed by atoms with E-state index in [1.54, 1.807) is 0 Å². The standard InChI is InChI=1S/C60H39N/c1-2-15-43(16-3-1)59-56-24-12-10-21-52(56)53-22-11-13-25-57(53)60(59)61(47-33-28-41(29-34-47)45-27-26-40-14-4-5-17-44(40)38-45)48-35-30-42(31-36-48)46-32-37-55-51-20-7-6-18-49(51)50-19-8-9-23-54(50)58(55)39-46/h1-39H. The zero-order valence-electron chi connectivity index (χ0n) is 33.5. The lowest BCUT2D eigenvalue weighted by Gasteiger charge is -2.31. The molecule has 0 aliphatic rings. The van der Waals surface area contributed by atoms with Crippen LogP contribution in [0.2, 0.25) is 0 Å². The predicted molar refractivity (Wildman–Crippen MR) is 262 cm³/mol. The third-order valence-corrected chi connectivity index (χ3v) is 12.6. The molecule has 1 nitrogen and oxygen atoms in total. The van der Waals surface area contributed by atoms with Crippen LogP contribution >= 0.6 is 0 Å². The Bertz CT molecular complexity index is 3590. The molecule has 0 unspecified atom stereocenters. The monoisotopic (exact) mass is 773 g/mol. The van der Waals surface area contributed by atoms with E-state index in [0.717, 1.165) is 17.1 Å². The largest absolute Gasteiger partial charge is 0.309 e. The maximum atomic E-state index is 2.48. The van der Waals surface area contributed by atoms with Crippen molar-refractivity contribution >= 4 is 81.7 Å². The molecule has 0 heterocycles. The zero-order valence-corrected chi connectivity index (χ0v) is 33.5. The number of benzene rings is 12. The molecule has 0 atom stereocenters. The van der Waals surface area contributed by atoms with Crippen LogP contribution in [0.3, 0.4) is 0 Å². The van der Waals surface area contributed by atoms with Crippen LogP contribution < -0.4 is 4.90 Å². The van der Waals surface area contributed by atoms with Gasteiger partial charge in [0.05, 0.1) is 5.69 Å². The first-order valence-corrected chi connectivity index (χ1v) is 21.1. The van der Waals surface area contributed by atoms with Gasteiger partial charge >= 0.3 is 0 Å². The van der Waals surface area contributed by atoms with Gasteiger partial charge in [-0.05, 0) is 123 Å². The Hall–Kier alpha value is -8.00. The van der Waals surface area contributed by atoms with E-state index < -0.39 is 0 Å². The fourth-order valence-electron chi connectivity index (χ4n) is 9.72. The summed E-state index contributed by atoms with van der Waals surface area (Å²) in [5, 5.41) is 15.1. The van der Waals surface area contributed by atoms with E-state index >= 15 is 0 Å². The summed E-state index contributed by atoms with van der Waals surface area (Å²) in [6.07, 6.45) is 0. The van der Waals surface area contributed by atoms with Gasteiger partial charge in [0.15, 0.2) is 0 Å². The van der Waals surface area contributed by atoms with Crippen molar-refractivity contribution in [1.82, 2.24) is 0 Å². The molecule has 0 aromatic heterocycles. The summed E-state index contributed by atoms with van der Waals surface area (Å²) in [4.78, 5) is 2.48. The molecule has 61 heavy (non-hydrogen) atoms. The van der Waals surface area contributed by atoms with E-state index in [-0.39, 0.29) is 0 Å². The van der Waals surface area contributed by atoms with Gasteiger partial charge in [0.2, 0.25) is 0 Å². The molecule has 0 saturated carbocycles. The first kappa shape index (κ1) is 35.0. The molecule has 0 spiro atoms. The Labute approximate surface area is 355 Å². The first-order chi connectivity index (χ1) is 30.3. The van der Waals surface area contributed by atoms with Gasteiger partial charge in [0.1, 0.15) is 0 Å². The van der Waals surface area contributed by atoms with Gasteiger partial charge < -0.3 is 4.90 Å². The molecule has 0 radical (unpaired) electrons. The average molecular weight is 774 g/mol. The minimum Gasteiger partial charge on any atom is -0.309 e. The summed E-state index contributed by atoms with van der Waals surface area (Å²) < 4.78 is 0. The van der Waals surface area contributed by atoms with E-state index in [9.17, 15) is 0 Å². The van der Waals surface area contributed by atoms with Crippen LogP contribution in [-0.2, 0) is 0 Å². The van der Waals surface area contributed by atoms with Crippen LogP contribution in [0.15, 0.2) is 237 Å². The Kier molecular flexibility index (Phi) is 8.25. The van der Waals surface area contributed by atoms with Crippen molar-refractivity contribution in [3.63, 3.8) is 0 Å². The quantitative estimate of drug-likeness (QED) is 0.152. The van der Waals surface area contributed by atoms with Crippen molar-refractivity contribution in [3.8, 4) is 33.4 Å². The number of fused-ring (bicyclic) bond motifs is 10. The van der Waals surface area contributed by atoms with E-state index in [1.165, 1.54) is 98.0 Å². The second-order valence-electron chi connectivity index (χ2n) is 16.0. The van der Waals surface area contributed by atoms with Crippen LogP contribution in [-0.4, -0.2) is 0 Å². The summed E-state index contributed by atoms with van der Waals surface area (Å²) in [6, 6.07) is 86.9. The molecule has 0 N–H and O–H groups in total. The summed E-state index contributed by atoms with van der Waals surface area (Å²) in [6.45, 7) is 0. The lowest BCUT2D eigenvalue weighted by Crippen LogP contribution is -2.12. The van der Waals surface area contributed by atoms with E-state index in [2.05, 4.69) is 241 Å². The molecule has 0 aliphatic carbocycles. The smallest absolute Gasteiger partial charge is 0.0624 e. The lowest BCUT2D eigenvalue weighted by molar-refractivity contribution is 1.30. The van der Waals surface area contributed by atoms with E-state index in [4.69, 9.17) is 0 Å². The highest BCUT2D eigenvalue weighted by atomic mass is 15.1. The second-order valence-corrected chi connectivity index (χ2v) is 16.0. The average Bonchev–Trinajstić information content (AvgIpc) is 3.34. The van der Waals surface area contributed by atoms with E-state index in [0.29, 0.717) is 0 Å². The summed E-state index contributed by atoms with van der Waals surface area (Å²) in [5.41, 5.74) is 10.5. The Morgan fingerprint density at radius 1 is 0.213 bits per heavy atom. The molecule has 0 aliphatic heterocycles. The molecule has 0 saturated heterocycles. The minimum atomic E-state index is 1.09. The van der Waals surface area contributed by atoms with Crippen LogP contribution in [0.25, 0.3) is 98.0 Å². The SMILES string of the molecule is c1ccc(-c2c(N(c3ccc(-c4ccc5ccccc5c4)cc3)c3ccc(-c4ccc5c6ccccc6c6ccccc6c5c4)cc3)c3ccccc3c3ccccc23)cc1. The zero-order chi connectivity index (χ0) is 40.3. The summed E-state index contributed by atoms with van der Waals surface area (Å²) in [5.74, 6) is 0. The number of hydrogen-bond donors (Lipinski definition) is 0.